The molecule has 1 fully saturated rings. The summed E-state index contributed by atoms with van der Waals surface area (Å²) in [6, 6.07) is 0.411. The van der Waals surface area contributed by atoms with Crippen LogP contribution in [0.1, 0.15) is 26.7 Å². The van der Waals surface area contributed by atoms with Gasteiger partial charge in [-0.2, -0.15) is 0 Å². The van der Waals surface area contributed by atoms with Crippen LogP contribution in [0.15, 0.2) is 0 Å². The summed E-state index contributed by atoms with van der Waals surface area (Å²) in [6.45, 7) is 4.12. The summed E-state index contributed by atoms with van der Waals surface area (Å²) in [6.07, 6.45) is 2.93. The van der Waals surface area contributed by atoms with E-state index < -0.39 is 0 Å². The molecule has 62 valence electrons. The van der Waals surface area contributed by atoms with E-state index in [2.05, 4.69) is 13.8 Å². The van der Waals surface area contributed by atoms with Gasteiger partial charge in [-0.15, -0.1) is 12.4 Å². The second-order valence-electron chi connectivity index (χ2n) is 3.04. The minimum atomic E-state index is 0. The van der Waals surface area contributed by atoms with E-state index in [1.165, 1.54) is 0 Å². The van der Waals surface area contributed by atoms with Crippen molar-refractivity contribution in [1.29, 1.82) is 0 Å². The van der Waals surface area contributed by atoms with E-state index in [4.69, 9.17) is 10.5 Å². The highest BCUT2D eigenvalue weighted by Crippen LogP contribution is 2.22. The molecule has 0 aromatic rings. The van der Waals surface area contributed by atoms with E-state index in [1.54, 1.807) is 0 Å². The summed E-state index contributed by atoms with van der Waals surface area (Å²) in [5.41, 5.74) is 5.56. The van der Waals surface area contributed by atoms with E-state index in [0.29, 0.717) is 18.2 Å². The van der Waals surface area contributed by atoms with Crippen LogP contribution in [0, 0.1) is 0 Å². The second-order valence-corrected chi connectivity index (χ2v) is 3.04. The van der Waals surface area contributed by atoms with Crippen LogP contribution >= 0.6 is 12.4 Å². The van der Waals surface area contributed by atoms with Gasteiger partial charge in [-0.3, -0.25) is 0 Å². The molecule has 0 aromatic carbocycles. The van der Waals surface area contributed by atoms with Gasteiger partial charge in [0.1, 0.15) is 0 Å². The number of halogens is 1. The minimum absolute atomic E-state index is 0. The number of ether oxygens (including phenoxy) is 1. The zero-order valence-corrected chi connectivity index (χ0v) is 7.36. The Labute approximate surface area is 68.5 Å². The Kier molecular flexibility index (Phi) is 4.25. The quantitative estimate of drug-likeness (QED) is 0.670. The molecular formula is C7H16ClNO. The van der Waals surface area contributed by atoms with Crippen LogP contribution in [0.25, 0.3) is 0 Å². The highest BCUT2D eigenvalue weighted by Gasteiger charge is 2.26. The summed E-state index contributed by atoms with van der Waals surface area (Å²) < 4.78 is 5.48. The van der Waals surface area contributed by atoms with Crippen LogP contribution < -0.4 is 5.73 Å². The Morgan fingerprint density at radius 3 is 2.20 bits per heavy atom. The predicted molar refractivity (Wildman–Crippen MR) is 44.5 cm³/mol. The molecule has 0 unspecified atom stereocenters. The molecule has 0 aliphatic heterocycles. The molecule has 2 N–H and O–H groups in total. The van der Waals surface area contributed by atoms with Crippen molar-refractivity contribution < 1.29 is 4.74 Å². The average molecular weight is 166 g/mol. The third-order valence-corrected chi connectivity index (χ3v) is 1.60. The Morgan fingerprint density at radius 2 is 1.90 bits per heavy atom. The molecule has 0 amide bonds. The van der Waals surface area contributed by atoms with Crippen LogP contribution in [-0.2, 0) is 4.74 Å². The van der Waals surface area contributed by atoms with Crippen molar-refractivity contribution in [2.24, 2.45) is 5.73 Å². The number of rotatable bonds is 2. The minimum Gasteiger partial charge on any atom is -0.375 e. The van der Waals surface area contributed by atoms with Crippen LogP contribution in [0.4, 0.5) is 0 Å². The van der Waals surface area contributed by atoms with Gasteiger partial charge in [0.15, 0.2) is 0 Å². The molecular weight excluding hydrogens is 150 g/mol. The lowest BCUT2D eigenvalue weighted by atomic mass is 9.90. The molecule has 1 aliphatic rings. The van der Waals surface area contributed by atoms with Crippen molar-refractivity contribution in [3.8, 4) is 0 Å². The fourth-order valence-corrected chi connectivity index (χ4v) is 1.10. The maximum absolute atomic E-state index is 5.56. The lowest BCUT2D eigenvalue weighted by molar-refractivity contribution is -0.0432. The first-order chi connectivity index (χ1) is 4.18. The Hall–Kier alpha value is 0.210. The standard InChI is InChI=1S/C7H15NO.ClH/c1-5(2)9-7-3-6(8)4-7;/h5-7H,3-4,8H2,1-2H3;1H. The van der Waals surface area contributed by atoms with E-state index in [9.17, 15) is 0 Å². The van der Waals surface area contributed by atoms with Gasteiger partial charge in [0, 0.05) is 6.04 Å². The van der Waals surface area contributed by atoms with Crippen molar-refractivity contribution in [3.63, 3.8) is 0 Å². The van der Waals surface area contributed by atoms with Gasteiger partial charge >= 0.3 is 0 Å². The molecule has 0 saturated heterocycles. The average Bonchev–Trinajstić information content (AvgIpc) is 1.60. The van der Waals surface area contributed by atoms with E-state index in [-0.39, 0.29) is 12.4 Å². The molecule has 0 heterocycles. The monoisotopic (exact) mass is 165 g/mol. The van der Waals surface area contributed by atoms with Crippen LogP contribution in [-0.4, -0.2) is 18.2 Å². The SMILES string of the molecule is CC(C)OC1CC(N)C1.Cl. The molecule has 1 rings (SSSR count). The molecule has 10 heavy (non-hydrogen) atoms. The summed E-state index contributed by atoms with van der Waals surface area (Å²) in [5, 5.41) is 0. The van der Waals surface area contributed by atoms with Gasteiger partial charge in [0.2, 0.25) is 0 Å². The van der Waals surface area contributed by atoms with Crippen LogP contribution in [0.5, 0.6) is 0 Å². The molecule has 1 saturated carbocycles. The Balaban J connectivity index is 0.000000810. The van der Waals surface area contributed by atoms with Crippen molar-refractivity contribution in [2.75, 3.05) is 0 Å². The molecule has 0 radical (unpaired) electrons. The highest BCUT2D eigenvalue weighted by molar-refractivity contribution is 5.85. The maximum Gasteiger partial charge on any atom is 0.0608 e. The summed E-state index contributed by atoms with van der Waals surface area (Å²) in [5.74, 6) is 0. The third kappa shape index (κ3) is 2.86. The summed E-state index contributed by atoms with van der Waals surface area (Å²) in [7, 11) is 0. The first-order valence-electron chi connectivity index (χ1n) is 3.59. The zero-order chi connectivity index (χ0) is 6.85. The van der Waals surface area contributed by atoms with E-state index in [0.717, 1.165) is 12.8 Å². The maximum atomic E-state index is 5.56. The van der Waals surface area contributed by atoms with Crippen molar-refractivity contribution in [1.82, 2.24) is 0 Å². The molecule has 0 atom stereocenters. The molecule has 0 bridgehead atoms. The van der Waals surface area contributed by atoms with E-state index >= 15 is 0 Å². The normalized spacial score (nSPS) is 31.2. The predicted octanol–water partition coefficient (Wildman–Crippen LogP) is 1.32. The smallest absolute Gasteiger partial charge is 0.0608 e. The van der Waals surface area contributed by atoms with Gasteiger partial charge < -0.3 is 10.5 Å². The lowest BCUT2D eigenvalue weighted by Gasteiger charge is -2.33. The molecule has 0 aromatic heterocycles. The lowest BCUT2D eigenvalue weighted by Crippen LogP contribution is -2.42. The molecule has 2 nitrogen and oxygen atoms in total. The first kappa shape index (κ1) is 10.2. The van der Waals surface area contributed by atoms with Crippen LogP contribution in [0.3, 0.4) is 0 Å². The second kappa shape index (κ2) is 4.16. The topological polar surface area (TPSA) is 35.2 Å². The molecule has 0 spiro atoms. The number of hydrogen-bond donors (Lipinski definition) is 1. The first-order valence-corrected chi connectivity index (χ1v) is 3.59. The Bertz CT molecular complexity index is 91.6. The Morgan fingerprint density at radius 1 is 1.40 bits per heavy atom. The van der Waals surface area contributed by atoms with Gasteiger partial charge in [-0.25, -0.2) is 0 Å². The summed E-state index contributed by atoms with van der Waals surface area (Å²) in [4.78, 5) is 0. The van der Waals surface area contributed by atoms with Crippen LogP contribution in [0.2, 0.25) is 0 Å². The third-order valence-electron chi connectivity index (χ3n) is 1.60. The molecule has 1 aliphatic carbocycles. The van der Waals surface area contributed by atoms with Gasteiger partial charge in [0.05, 0.1) is 12.2 Å². The van der Waals surface area contributed by atoms with E-state index in [1.807, 2.05) is 0 Å². The van der Waals surface area contributed by atoms with Crippen molar-refractivity contribution in [2.45, 2.75) is 44.9 Å². The number of nitrogens with two attached hydrogens (primary N) is 1. The van der Waals surface area contributed by atoms with Gasteiger partial charge in [-0.1, -0.05) is 0 Å². The fourth-order valence-electron chi connectivity index (χ4n) is 1.10. The van der Waals surface area contributed by atoms with Crippen molar-refractivity contribution >= 4 is 12.4 Å². The highest BCUT2D eigenvalue weighted by atomic mass is 35.5. The molecule has 3 heteroatoms. The fraction of sp³-hybridized carbons (Fsp3) is 1.00. The van der Waals surface area contributed by atoms with Gasteiger partial charge in [0.25, 0.3) is 0 Å². The van der Waals surface area contributed by atoms with Gasteiger partial charge in [-0.05, 0) is 26.7 Å². The van der Waals surface area contributed by atoms with Crippen molar-refractivity contribution in [3.05, 3.63) is 0 Å². The largest absolute Gasteiger partial charge is 0.375 e. The number of hydrogen-bond acceptors (Lipinski definition) is 2. The summed E-state index contributed by atoms with van der Waals surface area (Å²) >= 11 is 0. The zero-order valence-electron chi connectivity index (χ0n) is 6.54.